The van der Waals surface area contributed by atoms with Gasteiger partial charge in [-0.1, -0.05) is 23.2 Å². The number of hydrogen-bond donors (Lipinski definition) is 0. The number of hydrogen-bond acceptors (Lipinski definition) is 2. The maximum Gasteiger partial charge on any atom is 0.0613 e. The Balaban J connectivity index is 2.39. The fourth-order valence-corrected chi connectivity index (χ4v) is 1.97. The molecule has 0 aliphatic rings. The average Bonchev–Trinajstić information content (AvgIpc) is 2.36. The van der Waals surface area contributed by atoms with Crippen molar-refractivity contribution in [3.05, 3.63) is 52.8 Å². The molecule has 0 radical (unpaired) electrons. The first-order chi connectivity index (χ1) is 8.22. The normalized spacial score (nSPS) is 10.3. The van der Waals surface area contributed by atoms with Gasteiger partial charge >= 0.3 is 0 Å². The van der Waals surface area contributed by atoms with Crippen LogP contribution in [0.25, 0.3) is 0 Å². The van der Waals surface area contributed by atoms with E-state index in [4.69, 9.17) is 23.2 Å². The lowest BCUT2D eigenvalue weighted by molar-refractivity contribution is 1.02. The summed E-state index contributed by atoms with van der Waals surface area (Å²) in [5.74, 6) is 0. The molecule has 1 aromatic heterocycles. The first-order valence-electron chi connectivity index (χ1n) is 5.35. The number of pyridine rings is 1. The Morgan fingerprint density at radius 3 is 2.53 bits per heavy atom. The van der Waals surface area contributed by atoms with E-state index in [0.29, 0.717) is 10.0 Å². The Morgan fingerprint density at radius 1 is 1.12 bits per heavy atom. The van der Waals surface area contributed by atoms with Crippen LogP contribution in [0.3, 0.4) is 0 Å². The van der Waals surface area contributed by atoms with Crippen LogP contribution in [0.1, 0.15) is 6.92 Å². The number of halogens is 2. The second-order valence-electron chi connectivity index (χ2n) is 3.55. The van der Waals surface area contributed by atoms with Crippen molar-refractivity contribution >= 4 is 34.6 Å². The van der Waals surface area contributed by atoms with Crippen LogP contribution < -0.4 is 4.90 Å². The highest BCUT2D eigenvalue weighted by Gasteiger charge is 2.08. The van der Waals surface area contributed by atoms with Gasteiger partial charge in [-0.2, -0.15) is 0 Å². The fraction of sp³-hybridized carbons (Fsp3) is 0.154. The maximum atomic E-state index is 6.03. The molecule has 0 saturated heterocycles. The SMILES string of the molecule is CCN(c1cccnc1)c1ccc(Cl)c(Cl)c1. The van der Waals surface area contributed by atoms with Gasteiger partial charge in [0.25, 0.3) is 0 Å². The highest BCUT2D eigenvalue weighted by Crippen LogP contribution is 2.30. The van der Waals surface area contributed by atoms with E-state index in [9.17, 15) is 0 Å². The summed E-state index contributed by atoms with van der Waals surface area (Å²) in [5.41, 5.74) is 2.04. The van der Waals surface area contributed by atoms with Gasteiger partial charge in [0.1, 0.15) is 0 Å². The molecule has 2 rings (SSSR count). The largest absolute Gasteiger partial charge is 0.340 e. The molecule has 1 aromatic carbocycles. The van der Waals surface area contributed by atoms with E-state index in [1.807, 2.05) is 30.5 Å². The van der Waals surface area contributed by atoms with E-state index in [-0.39, 0.29) is 0 Å². The van der Waals surface area contributed by atoms with Crippen molar-refractivity contribution in [3.8, 4) is 0 Å². The molecule has 0 aliphatic heterocycles. The van der Waals surface area contributed by atoms with E-state index < -0.39 is 0 Å². The Hall–Kier alpha value is -1.25. The smallest absolute Gasteiger partial charge is 0.0613 e. The minimum absolute atomic E-state index is 0.562. The minimum Gasteiger partial charge on any atom is -0.340 e. The van der Waals surface area contributed by atoms with Gasteiger partial charge < -0.3 is 4.90 Å². The van der Waals surface area contributed by atoms with Gasteiger partial charge in [0.2, 0.25) is 0 Å². The van der Waals surface area contributed by atoms with Crippen LogP contribution in [-0.4, -0.2) is 11.5 Å². The van der Waals surface area contributed by atoms with Crippen LogP contribution in [-0.2, 0) is 0 Å². The topological polar surface area (TPSA) is 16.1 Å². The van der Waals surface area contributed by atoms with E-state index in [2.05, 4.69) is 16.8 Å². The van der Waals surface area contributed by atoms with E-state index in [1.54, 1.807) is 12.3 Å². The van der Waals surface area contributed by atoms with Gasteiger partial charge in [-0.25, -0.2) is 0 Å². The van der Waals surface area contributed by atoms with Crippen LogP contribution in [0.5, 0.6) is 0 Å². The highest BCUT2D eigenvalue weighted by atomic mass is 35.5. The van der Waals surface area contributed by atoms with E-state index in [0.717, 1.165) is 17.9 Å². The highest BCUT2D eigenvalue weighted by molar-refractivity contribution is 6.42. The molecule has 2 nitrogen and oxygen atoms in total. The van der Waals surface area contributed by atoms with E-state index >= 15 is 0 Å². The standard InChI is InChI=1S/C13H12Cl2N2/c1-2-17(11-4-3-7-16-9-11)10-5-6-12(14)13(15)8-10/h3-9H,2H2,1H3. The van der Waals surface area contributed by atoms with Gasteiger partial charge in [-0.05, 0) is 37.3 Å². The van der Waals surface area contributed by atoms with Crippen molar-refractivity contribution < 1.29 is 0 Å². The zero-order valence-electron chi connectivity index (χ0n) is 9.40. The Morgan fingerprint density at radius 2 is 1.94 bits per heavy atom. The zero-order chi connectivity index (χ0) is 12.3. The van der Waals surface area contributed by atoms with Crippen LogP contribution in [0, 0.1) is 0 Å². The lowest BCUT2D eigenvalue weighted by Gasteiger charge is -2.23. The first kappa shape index (κ1) is 12.2. The lowest BCUT2D eigenvalue weighted by atomic mass is 10.2. The summed E-state index contributed by atoms with van der Waals surface area (Å²) < 4.78 is 0. The molecule has 0 amide bonds. The molecular weight excluding hydrogens is 255 g/mol. The van der Waals surface area contributed by atoms with Gasteiger partial charge in [0.15, 0.2) is 0 Å². The molecule has 0 fully saturated rings. The zero-order valence-corrected chi connectivity index (χ0v) is 10.9. The predicted molar refractivity (Wildman–Crippen MR) is 73.4 cm³/mol. The number of benzene rings is 1. The molecule has 0 unspecified atom stereocenters. The maximum absolute atomic E-state index is 6.03. The molecule has 0 N–H and O–H groups in total. The molecule has 4 heteroatoms. The van der Waals surface area contributed by atoms with Crippen LogP contribution in [0.2, 0.25) is 10.0 Å². The summed E-state index contributed by atoms with van der Waals surface area (Å²) in [4.78, 5) is 6.24. The van der Waals surface area contributed by atoms with Gasteiger partial charge in [0, 0.05) is 18.4 Å². The molecular formula is C13H12Cl2N2. The van der Waals surface area contributed by atoms with Gasteiger partial charge in [-0.15, -0.1) is 0 Å². The first-order valence-corrected chi connectivity index (χ1v) is 6.10. The van der Waals surface area contributed by atoms with Gasteiger partial charge in [-0.3, -0.25) is 4.98 Å². The molecule has 0 spiro atoms. The molecule has 0 aliphatic carbocycles. The average molecular weight is 267 g/mol. The molecule has 88 valence electrons. The van der Waals surface area contributed by atoms with Crippen LogP contribution >= 0.6 is 23.2 Å². The third-order valence-corrected chi connectivity index (χ3v) is 3.23. The second kappa shape index (κ2) is 5.39. The second-order valence-corrected chi connectivity index (χ2v) is 4.37. The molecule has 0 atom stereocenters. The number of aromatic nitrogens is 1. The molecule has 2 aromatic rings. The quantitative estimate of drug-likeness (QED) is 0.811. The summed E-state index contributed by atoms with van der Waals surface area (Å²) >= 11 is 11.9. The third-order valence-electron chi connectivity index (χ3n) is 2.49. The van der Waals surface area contributed by atoms with Crippen molar-refractivity contribution in [2.75, 3.05) is 11.4 Å². The Bertz CT molecular complexity index is 500. The third kappa shape index (κ3) is 2.71. The van der Waals surface area contributed by atoms with Crippen molar-refractivity contribution in [1.29, 1.82) is 0 Å². The number of rotatable bonds is 3. The number of nitrogens with zero attached hydrogens (tertiary/aromatic N) is 2. The van der Waals surface area contributed by atoms with Crippen molar-refractivity contribution in [1.82, 2.24) is 4.98 Å². The predicted octanol–water partition coefficient (Wildman–Crippen LogP) is 4.55. The number of anilines is 2. The van der Waals surface area contributed by atoms with Crippen molar-refractivity contribution in [2.24, 2.45) is 0 Å². The minimum atomic E-state index is 0.562. The molecule has 0 saturated carbocycles. The summed E-state index contributed by atoms with van der Waals surface area (Å²) in [6.45, 7) is 2.92. The summed E-state index contributed by atoms with van der Waals surface area (Å²) in [5, 5.41) is 1.13. The lowest BCUT2D eigenvalue weighted by Crippen LogP contribution is -2.15. The van der Waals surface area contributed by atoms with Crippen LogP contribution in [0.15, 0.2) is 42.7 Å². The summed E-state index contributed by atoms with van der Waals surface area (Å²) in [6, 6.07) is 9.54. The Kier molecular flexibility index (Phi) is 3.87. The van der Waals surface area contributed by atoms with E-state index in [1.165, 1.54) is 0 Å². The Labute approximate surface area is 111 Å². The van der Waals surface area contributed by atoms with Crippen molar-refractivity contribution in [2.45, 2.75) is 6.92 Å². The van der Waals surface area contributed by atoms with Crippen LogP contribution in [0.4, 0.5) is 11.4 Å². The molecule has 1 heterocycles. The molecule has 0 bridgehead atoms. The fourth-order valence-electron chi connectivity index (χ4n) is 1.68. The van der Waals surface area contributed by atoms with Gasteiger partial charge in [0.05, 0.1) is 21.9 Å². The van der Waals surface area contributed by atoms with Crippen molar-refractivity contribution in [3.63, 3.8) is 0 Å². The monoisotopic (exact) mass is 266 g/mol. The molecule has 17 heavy (non-hydrogen) atoms. The summed E-state index contributed by atoms with van der Waals surface area (Å²) in [6.07, 6.45) is 3.58. The summed E-state index contributed by atoms with van der Waals surface area (Å²) in [7, 11) is 0.